The first-order chi connectivity index (χ1) is 14.5. The molecule has 1 unspecified atom stereocenters. The molecule has 0 aliphatic carbocycles. The summed E-state index contributed by atoms with van der Waals surface area (Å²) in [5, 5.41) is 1.28. The molecule has 0 amide bonds. The molecule has 0 radical (unpaired) electrons. The third-order valence-electron chi connectivity index (χ3n) is 4.36. The average molecular weight is 482 g/mol. The van der Waals surface area contributed by atoms with Crippen molar-refractivity contribution in [3.63, 3.8) is 0 Å². The number of hydrogen-bond acceptors (Lipinski definition) is 3. The first kappa shape index (κ1) is 25.0. The van der Waals surface area contributed by atoms with Crippen LogP contribution in [0, 0.1) is 0 Å². The van der Waals surface area contributed by atoms with Crippen molar-refractivity contribution in [1.82, 2.24) is 4.57 Å². The van der Waals surface area contributed by atoms with Gasteiger partial charge >= 0.3 is 0 Å². The number of imidazole rings is 1. The third kappa shape index (κ3) is 7.71. The minimum atomic E-state index is -0.235. The molecule has 1 heterocycles. The molecular weight excluding hydrogens is 459 g/mol. The predicted molar refractivity (Wildman–Crippen MR) is 117 cm³/mol. The molecule has 0 saturated carbocycles. The lowest BCUT2D eigenvalue weighted by molar-refractivity contribution is -0.704. The first-order valence-corrected chi connectivity index (χ1v) is 10.2. The molecule has 0 spiro atoms. The van der Waals surface area contributed by atoms with Gasteiger partial charge in [0.2, 0.25) is 12.1 Å². The highest BCUT2D eigenvalue weighted by molar-refractivity contribution is 6.31. The van der Waals surface area contributed by atoms with Crippen molar-refractivity contribution < 1.29 is 31.2 Å². The number of hydrogen-bond donors (Lipinski definition) is 0. The molecule has 1 aromatic heterocycles. The second-order valence-electron chi connectivity index (χ2n) is 6.70. The number of aromatic nitrogens is 2. The van der Waals surface area contributed by atoms with Gasteiger partial charge < -0.3 is 21.9 Å². The fourth-order valence-electron chi connectivity index (χ4n) is 2.94. The molecule has 5 nitrogen and oxygen atoms in total. The van der Waals surface area contributed by atoms with Crippen molar-refractivity contribution in [2.24, 2.45) is 0 Å². The molecule has 3 aromatic rings. The maximum absolute atomic E-state index is 12.3. The van der Waals surface area contributed by atoms with Gasteiger partial charge in [-0.2, -0.15) is 0 Å². The van der Waals surface area contributed by atoms with E-state index in [9.17, 15) is 4.79 Å². The second-order valence-corrected chi connectivity index (χ2v) is 7.54. The number of nitrogens with zero attached hydrogens (tertiary/aromatic N) is 2. The van der Waals surface area contributed by atoms with E-state index in [1.54, 1.807) is 30.3 Å². The van der Waals surface area contributed by atoms with E-state index >= 15 is 0 Å². The number of Topliss-reactive ketones (excluding diaryl/α,β-unsaturated/α-hetero) is 1. The van der Waals surface area contributed by atoms with Crippen molar-refractivity contribution in [3.8, 4) is 5.75 Å². The number of rotatable bonds is 11. The zero-order chi connectivity index (χ0) is 21.3. The second kappa shape index (κ2) is 12.5. The largest absolute Gasteiger partial charge is 1.00 e. The zero-order valence-corrected chi connectivity index (χ0v) is 19.1. The number of ketones is 1. The van der Waals surface area contributed by atoms with Crippen LogP contribution in [0.1, 0.15) is 11.7 Å². The maximum atomic E-state index is 12.3. The lowest BCUT2D eigenvalue weighted by Crippen LogP contribution is -3.00. The highest BCUT2D eigenvalue weighted by Crippen LogP contribution is 2.25. The first-order valence-electron chi connectivity index (χ1n) is 9.47. The van der Waals surface area contributed by atoms with Gasteiger partial charge in [0.15, 0.2) is 13.2 Å². The molecule has 2 aromatic carbocycles. The summed E-state index contributed by atoms with van der Waals surface area (Å²) in [7, 11) is 0. The van der Waals surface area contributed by atoms with Gasteiger partial charge in [0, 0.05) is 15.6 Å². The Morgan fingerprint density at radius 1 is 1.16 bits per heavy atom. The van der Waals surface area contributed by atoms with Gasteiger partial charge in [0.1, 0.15) is 30.8 Å². The minimum Gasteiger partial charge on any atom is -1.00 e. The Labute approximate surface area is 198 Å². The van der Waals surface area contributed by atoms with Crippen LogP contribution in [0.25, 0.3) is 0 Å². The minimum absolute atomic E-state index is 0. The molecule has 0 aliphatic heterocycles. The third-order valence-corrected chi connectivity index (χ3v) is 4.96. The van der Waals surface area contributed by atoms with Gasteiger partial charge in [0.25, 0.3) is 0 Å². The van der Waals surface area contributed by atoms with Gasteiger partial charge in [0.05, 0.1) is 6.61 Å². The molecule has 1 atom stereocenters. The van der Waals surface area contributed by atoms with E-state index in [0.717, 1.165) is 5.56 Å². The lowest BCUT2D eigenvalue weighted by atomic mass is 10.1. The molecule has 0 saturated heterocycles. The molecule has 0 bridgehead atoms. The summed E-state index contributed by atoms with van der Waals surface area (Å²) in [4.78, 5) is 12.3. The number of ether oxygens (including phenoxy) is 2. The highest BCUT2D eigenvalue weighted by atomic mass is 35.5. The van der Waals surface area contributed by atoms with Crippen molar-refractivity contribution >= 4 is 29.0 Å². The Morgan fingerprint density at radius 2 is 1.90 bits per heavy atom. The van der Waals surface area contributed by atoms with E-state index in [2.05, 4.69) is 6.58 Å². The monoisotopic (exact) mass is 480 g/mol. The molecule has 0 N–H and O–H groups in total. The molecule has 31 heavy (non-hydrogen) atoms. The van der Waals surface area contributed by atoms with Crippen molar-refractivity contribution in [2.45, 2.75) is 19.2 Å². The Balaban J connectivity index is 0.00000341. The number of benzene rings is 2. The van der Waals surface area contributed by atoms with Crippen LogP contribution in [0.2, 0.25) is 10.0 Å². The van der Waals surface area contributed by atoms with Gasteiger partial charge in [-0.25, -0.2) is 9.13 Å². The summed E-state index contributed by atoms with van der Waals surface area (Å²) in [6.07, 6.45) is 7.08. The Kier molecular flexibility index (Phi) is 10.1. The molecule has 0 fully saturated rings. The average Bonchev–Trinajstić information content (AvgIpc) is 3.18. The van der Waals surface area contributed by atoms with Crippen LogP contribution in [0.4, 0.5) is 0 Å². The van der Waals surface area contributed by atoms with Crippen LogP contribution >= 0.6 is 23.2 Å². The van der Waals surface area contributed by atoms with Crippen LogP contribution in [-0.2, 0) is 22.6 Å². The van der Waals surface area contributed by atoms with E-state index in [1.807, 2.05) is 52.1 Å². The Hall–Kier alpha value is -2.31. The van der Waals surface area contributed by atoms with Crippen molar-refractivity contribution in [1.29, 1.82) is 0 Å². The van der Waals surface area contributed by atoms with E-state index in [4.69, 9.17) is 32.7 Å². The standard InChI is InChI=1S/C23H23Cl2N2O3.ClH/c1-2-13-29-23(21-5-3-4-6-22(21)25)15-27-12-11-26(17-27)14-19(28)16-30-20-9-7-18(24)8-10-20;/h2-12,17,23H,1,13-16H2;1H/q+1;/p-1. The van der Waals surface area contributed by atoms with Crippen LogP contribution in [0.15, 0.2) is 79.9 Å². The molecule has 3 rings (SSSR count). The van der Waals surface area contributed by atoms with Gasteiger partial charge in [-0.1, -0.05) is 47.5 Å². The van der Waals surface area contributed by atoms with E-state index in [-0.39, 0.29) is 37.4 Å². The lowest BCUT2D eigenvalue weighted by Gasteiger charge is -2.17. The predicted octanol–water partition coefficient (Wildman–Crippen LogP) is 1.68. The van der Waals surface area contributed by atoms with Gasteiger partial charge in [-0.15, -0.1) is 6.58 Å². The quantitative estimate of drug-likeness (QED) is 0.309. The number of halogens is 3. The normalized spacial score (nSPS) is 11.4. The molecule has 8 heteroatoms. The fraction of sp³-hybridized carbons (Fsp3) is 0.217. The fourth-order valence-corrected chi connectivity index (χ4v) is 3.32. The molecular formula is C23H23Cl3N2O3. The molecule has 164 valence electrons. The van der Waals surface area contributed by atoms with Gasteiger partial charge in [-0.05, 0) is 30.3 Å². The van der Waals surface area contributed by atoms with Crippen LogP contribution in [0.5, 0.6) is 5.75 Å². The Morgan fingerprint density at radius 3 is 2.61 bits per heavy atom. The Bertz CT molecular complexity index is 990. The highest BCUT2D eigenvalue weighted by Gasteiger charge is 2.19. The van der Waals surface area contributed by atoms with E-state index in [0.29, 0.717) is 28.9 Å². The van der Waals surface area contributed by atoms with Crippen LogP contribution < -0.4 is 21.7 Å². The SMILES string of the molecule is C=CCOC(C[n+]1ccn(CC(=O)COc2ccc(Cl)cc2)c1)c1ccccc1Cl.[Cl-]. The van der Waals surface area contributed by atoms with Crippen molar-refractivity contribution in [2.75, 3.05) is 13.2 Å². The van der Waals surface area contributed by atoms with E-state index < -0.39 is 0 Å². The van der Waals surface area contributed by atoms with E-state index in [1.165, 1.54) is 0 Å². The molecule has 0 aliphatic rings. The van der Waals surface area contributed by atoms with Crippen LogP contribution in [-0.4, -0.2) is 23.6 Å². The smallest absolute Gasteiger partial charge is 0.244 e. The van der Waals surface area contributed by atoms with Crippen molar-refractivity contribution in [3.05, 3.63) is 95.5 Å². The van der Waals surface area contributed by atoms with Gasteiger partial charge in [-0.3, -0.25) is 4.79 Å². The summed E-state index contributed by atoms with van der Waals surface area (Å²) in [6.45, 7) is 4.89. The maximum Gasteiger partial charge on any atom is 0.244 e. The summed E-state index contributed by atoms with van der Waals surface area (Å²) in [5.41, 5.74) is 0.911. The summed E-state index contributed by atoms with van der Waals surface area (Å²) < 4.78 is 15.2. The topological polar surface area (TPSA) is 44.3 Å². The summed E-state index contributed by atoms with van der Waals surface area (Å²) >= 11 is 12.2. The van der Waals surface area contributed by atoms with Crippen LogP contribution in [0.3, 0.4) is 0 Å². The number of carbonyl (C=O) groups excluding carboxylic acids is 1. The summed E-state index contributed by atoms with van der Waals surface area (Å²) in [6, 6.07) is 14.5. The summed E-state index contributed by atoms with van der Waals surface area (Å²) in [5.74, 6) is 0.565. The number of carbonyl (C=O) groups is 1. The zero-order valence-electron chi connectivity index (χ0n) is 16.8.